The second-order valence-corrected chi connectivity index (χ2v) is 8.19. The average molecular weight is 422 g/mol. The molecule has 2 N–H and O–H groups in total. The number of carbonyl (C=O) groups is 2. The quantitative estimate of drug-likeness (QED) is 0.605. The Bertz CT molecular complexity index is 961. The van der Waals surface area contributed by atoms with Crippen molar-refractivity contribution in [3.8, 4) is 0 Å². The van der Waals surface area contributed by atoms with E-state index in [2.05, 4.69) is 19.2 Å². The zero-order chi connectivity index (χ0) is 21.4. The number of sulfonamides is 1. The lowest BCUT2D eigenvalue weighted by Gasteiger charge is -2.11. The Balaban J connectivity index is 1.79. The van der Waals surface area contributed by atoms with Gasteiger partial charge in [0.15, 0.2) is 6.61 Å². The van der Waals surface area contributed by atoms with Crippen LogP contribution >= 0.6 is 0 Å². The van der Waals surface area contributed by atoms with Crippen LogP contribution < -0.4 is 10.0 Å². The number of halogens is 1. The van der Waals surface area contributed by atoms with Crippen molar-refractivity contribution >= 4 is 27.6 Å². The third kappa shape index (κ3) is 6.95. The van der Waals surface area contributed by atoms with Gasteiger partial charge >= 0.3 is 5.97 Å². The van der Waals surface area contributed by atoms with Gasteiger partial charge in [0.1, 0.15) is 12.4 Å². The molecule has 0 saturated heterocycles. The lowest BCUT2D eigenvalue weighted by molar-refractivity contribution is -0.146. The summed E-state index contributed by atoms with van der Waals surface area (Å²) in [5, 5.41) is 2.59. The van der Waals surface area contributed by atoms with Crippen LogP contribution in [0.15, 0.2) is 53.4 Å². The molecule has 9 heteroatoms. The number of rotatable bonds is 9. The van der Waals surface area contributed by atoms with Crippen molar-refractivity contribution in [1.82, 2.24) is 4.72 Å². The summed E-state index contributed by atoms with van der Waals surface area (Å²) < 4.78 is 43.9. The van der Waals surface area contributed by atoms with Crippen molar-refractivity contribution in [3.05, 3.63) is 59.9 Å². The van der Waals surface area contributed by atoms with E-state index in [1.54, 1.807) is 12.1 Å². The van der Waals surface area contributed by atoms with Crippen molar-refractivity contribution in [1.29, 1.82) is 0 Å². The van der Waals surface area contributed by atoms with Gasteiger partial charge in [-0.05, 0) is 48.2 Å². The zero-order valence-corrected chi connectivity index (χ0v) is 17.0. The van der Waals surface area contributed by atoms with Gasteiger partial charge in [0, 0.05) is 5.69 Å². The minimum absolute atomic E-state index is 0.316. The number of ether oxygens (including phenoxy) is 1. The van der Waals surface area contributed by atoms with Gasteiger partial charge in [0.25, 0.3) is 5.91 Å². The van der Waals surface area contributed by atoms with E-state index >= 15 is 0 Å². The largest absolute Gasteiger partial charge is 0.455 e. The molecular formula is C20H23FN2O5S. The van der Waals surface area contributed by atoms with Crippen LogP contribution in [0.4, 0.5) is 10.1 Å². The maximum atomic E-state index is 13.1. The minimum Gasteiger partial charge on any atom is -0.455 e. The molecule has 0 bridgehead atoms. The normalized spacial score (nSPS) is 12.2. The lowest BCUT2D eigenvalue weighted by atomic mass is 9.99. The highest BCUT2D eigenvalue weighted by molar-refractivity contribution is 7.89. The number of benzene rings is 2. The Morgan fingerprint density at radius 1 is 1.14 bits per heavy atom. The first-order valence-corrected chi connectivity index (χ1v) is 10.5. The Morgan fingerprint density at radius 3 is 2.45 bits per heavy atom. The van der Waals surface area contributed by atoms with E-state index in [9.17, 15) is 22.4 Å². The van der Waals surface area contributed by atoms with E-state index in [-0.39, 0.29) is 4.90 Å². The Morgan fingerprint density at radius 2 is 1.83 bits per heavy atom. The van der Waals surface area contributed by atoms with Gasteiger partial charge in [0.2, 0.25) is 10.0 Å². The third-order valence-corrected chi connectivity index (χ3v) is 5.65. The molecule has 7 nitrogen and oxygen atoms in total. The van der Waals surface area contributed by atoms with Gasteiger partial charge in [0.05, 0.1) is 4.90 Å². The van der Waals surface area contributed by atoms with E-state index in [1.165, 1.54) is 12.1 Å². The molecule has 0 radical (unpaired) electrons. The summed E-state index contributed by atoms with van der Waals surface area (Å²) in [5.41, 5.74) is 1.72. The molecule has 2 aromatic rings. The number of nitrogens with one attached hydrogen (secondary N) is 2. The van der Waals surface area contributed by atoms with Gasteiger partial charge in [-0.3, -0.25) is 9.59 Å². The van der Waals surface area contributed by atoms with Crippen LogP contribution in [0.2, 0.25) is 0 Å². The monoisotopic (exact) mass is 422 g/mol. The molecule has 2 rings (SSSR count). The predicted octanol–water partition coefficient (Wildman–Crippen LogP) is 2.80. The molecular weight excluding hydrogens is 399 g/mol. The first-order valence-electron chi connectivity index (χ1n) is 9.02. The summed E-state index contributed by atoms with van der Waals surface area (Å²) in [6.45, 7) is 2.95. The SMILES string of the molecule is CC[C@@H](C)c1ccc(NC(=O)COC(=O)CNS(=O)(=O)c2cccc(F)c2)cc1. The Labute approximate surface area is 169 Å². The van der Waals surface area contributed by atoms with E-state index in [1.807, 2.05) is 16.9 Å². The maximum absolute atomic E-state index is 13.1. The lowest BCUT2D eigenvalue weighted by Crippen LogP contribution is -2.32. The molecule has 0 unspecified atom stereocenters. The third-order valence-electron chi connectivity index (χ3n) is 4.25. The average Bonchev–Trinajstić information content (AvgIpc) is 2.71. The first kappa shape index (κ1) is 22.5. The molecule has 0 heterocycles. The van der Waals surface area contributed by atoms with Crippen molar-refractivity contribution in [2.45, 2.75) is 31.1 Å². The van der Waals surface area contributed by atoms with E-state index < -0.39 is 40.9 Å². The number of amides is 1. The molecule has 0 aliphatic heterocycles. The van der Waals surface area contributed by atoms with Crippen molar-refractivity contribution < 1.29 is 27.1 Å². The standard InChI is InChI=1S/C20H23FN2O5S/c1-3-14(2)15-7-9-17(10-8-15)23-19(24)13-28-20(25)12-22-29(26,27)18-6-4-5-16(21)11-18/h4-11,14,22H,3,12-13H2,1-2H3,(H,23,24)/t14-/m1/s1. The van der Waals surface area contributed by atoms with Crippen LogP contribution in [0, 0.1) is 5.82 Å². The first-order chi connectivity index (χ1) is 13.7. The predicted molar refractivity (Wildman–Crippen MR) is 106 cm³/mol. The highest BCUT2D eigenvalue weighted by atomic mass is 32.2. The molecule has 2 aromatic carbocycles. The van der Waals surface area contributed by atoms with Crippen LogP contribution in [0.1, 0.15) is 31.7 Å². The van der Waals surface area contributed by atoms with Crippen LogP contribution in [0.3, 0.4) is 0 Å². The minimum atomic E-state index is -4.07. The molecule has 0 aliphatic rings. The van der Waals surface area contributed by atoms with Crippen molar-refractivity contribution in [3.63, 3.8) is 0 Å². The maximum Gasteiger partial charge on any atom is 0.321 e. The number of anilines is 1. The summed E-state index contributed by atoms with van der Waals surface area (Å²) in [6.07, 6.45) is 1.00. The molecule has 1 atom stereocenters. The van der Waals surface area contributed by atoms with Crippen LogP contribution in [-0.2, 0) is 24.3 Å². The number of esters is 1. The van der Waals surface area contributed by atoms with Crippen molar-refractivity contribution in [2.24, 2.45) is 0 Å². The molecule has 0 saturated carbocycles. The summed E-state index contributed by atoms with van der Waals surface area (Å²) in [4.78, 5) is 23.3. The summed E-state index contributed by atoms with van der Waals surface area (Å²) in [6, 6.07) is 11.7. The van der Waals surface area contributed by atoms with Crippen molar-refractivity contribution in [2.75, 3.05) is 18.5 Å². The van der Waals surface area contributed by atoms with Gasteiger partial charge in [-0.25, -0.2) is 12.8 Å². The highest BCUT2D eigenvalue weighted by Crippen LogP contribution is 2.20. The van der Waals surface area contributed by atoms with Crippen LogP contribution in [0.25, 0.3) is 0 Å². The second-order valence-electron chi connectivity index (χ2n) is 6.42. The van der Waals surface area contributed by atoms with Gasteiger partial charge < -0.3 is 10.1 Å². The summed E-state index contributed by atoms with van der Waals surface area (Å²) >= 11 is 0. The fraction of sp³-hybridized carbons (Fsp3) is 0.300. The molecule has 0 aliphatic carbocycles. The number of hydrogen-bond donors (Lipinski definition) is 2. The van der Waals surface area contributed by atoms with Crippen LogP contribution in [-0.4, -0.2) is 33.4 Å². The highest BCUT2D eigenvalue weighted by Gasteiger charge is 2.17. The van der Waals surface area contributed by atoms with Gasteiger partial charge in [-0.1, -0.05) is 32.0 Å². The number of hydrogen-bond acceptors (Lipinski definition) is 5. The smallest absolute Gasteiger partial charge is 0.321 e. The summed E-state index contributed by atoms with van der Waals surface area (Å²) in [7, 11) is -4.07. The molecule has 0 aromatic heterocycles. The molecule has 0 spiro atoms. The van der Waals surface area contributed by atoms with E-state index in [0.717, 1.165) is 24.1 Å². The van der Waals surface area contributed by atoms with Gasteiger partial charge in [-0.2, -0.15) is 4.72 Å². The topological polar surface area (TPSA) is 102 Å². The molecule has 156 valence electrons. The molecule has 0 fully saturated rings. The Kier molecular flexibility index (Phi) is 7.86. The second kappa shape index (κ2) is 10.1. The summed E-state index contributed by atoms with van der Waals surface area (Å²) in [5.74, 6) is -1.80. The van der Waals surface area contributed by atoms with E-state index in [4.69, 9.17) is 4.74 Å². The zero-order valence-electron chi connectivity index (χ0n) is 16.1. The van der Waals surface area contributed by atoms with Gasteiger partial charge in [-0.15, -0.1) is 0 Å². The fourth-order valence-corrected chi connectivity index (χ4v) is 3.40. The van der Waals surface area contributed by atoms with E-state index in [0.29, 0.717) is 11.6 Å². The number of carbonyl (C=O) groups excluding carboxylic acids is 2. The Hall–Kier alpha value is -2.78. The molecule has 29 heavy (non-hydrogen) atoms. The molecule has 1 amide bonds. The van der Waals surface area contributed by atoms with Crippen LogP contribution in [0.5, 0.6) is 0 Å². The fourth-order valence-electron chi connectivity index (χ4n) is 2.40.